The molecule has 0 saturated carbocycles. The minimum Gasteiger partial charge on any atom is -0.448 e. The van der Waals surface area contributed by atoms with Gasteiger partial charge in [-0.15, -0.1) is 11.3 Å². The average Bonchev–Trinajstić information content (AvgIpc) is 2.92. The maximum atomic E-state index is 11.9. The zero-order valence-electron chi connectivity index (χ0n) is 11.3. The third-order valence-corrected chi connectivity index (χ3v) is 3.51. The zero-order valence-corrected chi connectivity index (χ0v) is 12.1. The Balaban J connectivity index is 1.94. The molecule has 2 aromatic rings. The van der Waals surface area contributed by atoms with Crippen molar-refractivity contribution >= 4 is 28.9 Å². The Kier molecular flexibility index (Phi) is 4.53. The van der Waals surface area contributed by atoms with Gasteiger partial charge in [-0.3, -0.25) is 4.79 Å². The van der Waals surface area contributed by atoms with Crippen LogP contribution in [0.1, 0.15) is 22.2 Å². The lowest BCUT2D eigenvalue weighted by atomic mass is 10.2. The highest BCUT2D eigenvalue weighted by Crippen LogP contribution is 2.13. The summed E-state index contributed by atoms with van der Waals surface area (Å²) in [5.74, 6) is -0.826. The van der Waals surface area contributed by atoms with E-state index in [1.807, 2.05) is 25.1 Å². The number of carbonyl (C=O) groups excluding carboxylic acids is 2. The molecule has 1 heterocycles. The summed E-state index contributed by atoms with van der Waals surface area (Å²) in [6.45, 7) is 3.49. The number of amides is 1. The van der Waals surface area contributed by atoms with E-state index in [0.717, 1.165) is 5.56 Å². The third-order valence-electron chi connectivity index (χ3n) is 2.66. The van der Waals surface area contributed by atoms with Crippen molar-refractivity contribution in [2.24, 2.45) is 0 Å². The van der Waals surface area contributed by atoms with Gasteiger partial charge in [0, 0.05) is 5.69 Å². The number of benzene rings is 1. The van der Waals surface area contributed by atoms with Crippen molar-refractivity contribution in [2.75, 3.05) is 5.32 Å². The highest BCUT2D eigenvalue weighted by molar-refractivity contribution is 7.11. The summed E-state index contributed by atoms with van der Waals surface area (Å²) >= 11 is 1.28. The van der Waals surface area contributed by atoms with Crippen LogP contribution in [0.3, 0.4) is 0 Å². The molecule has 0 bridgehead atoms. The first-order chi connectivity index (χ1) is 9.56. The highest BCUT2D eigenvalue weighted by Gasteiger charge is 2.19. The van der Waals surface area contributed by atoms with Crippen LogP contribution in [0.4, 0.5) is 5.69 Å². The molecule has 0 unspecified atom stereocenters. The molecular weight excluding hydrogens is 274 g/mol. The second-order valence-corrected chi connectivity index (χ2v) is 5.33. The number of rotatable bonds is 4. The zero-order chi connectivity index (χ0) is 14.5. The summed E-state index contributed by atoms with van der Waals surface area (Å²) in [4.78, 5) is 24.2. The molecule has 0 aliphatic rings. The molecule has 0 aliphatic heterocycles. The monoisotopic (exact) mass is 289 g/mol. The molecule has 1 aromatic carbocycles. The first-order valence-corrected chi connectivity index (χ1v) is 7.06. The Labute approximate surface area is 121 Å². The highest BCUT2D eigenvalue weighted by atomic mass is 32.1. The van der Waals surface area contributed by atoms with Crippen LogP contribution < -0.4 is 5.32 Å². The van der Waals surface area contributed by atoms with E-state index in [0.29, 0.717) is 10.6 Å². The van der Waals surface area contributed by atoms with E-state index < -0.39 is 12.1 Å². The lowest BCUT2D eigenvalue weighted by Crippen LogP contribution is -2.29. The van der Waals surface area contributed by atoms with Crippen molar-refractivity contribution in [3.8, 4) is 0 Å². The predicted octanol–water partition coefficient (Wildman–Crippen LogP) is 3.24. The fourth-order valence-corrected chi connectivity index (χ4v) is 2.24. The Hall–Kier alpha value is -2.14. The molecule has 0 spiro atoms. The van der Waals surface area contributed by atoms with E-state index in [4.69, 9.17) is 4.74 Å². The van der Waals surface area contributed by atoms with Gasteiger partial charge in [0.1, 0.15) is 4.88 Å². The molecule has 0 saturated heterocycles. The van der Waals surface area contributed by atoms with Crippen LogP contribution >= 0.6 is 11.3 Å². The second kappa shape index (κ2) is 6.34. The number of anilines is 1. The van der Waals surface area contributed by atoms with Crippen molar-refractivity contribution in [3.63, 3.8) is 0 Å². The molecular formula is C15H15NO3S. The molecule has 104 valence electrons. The second-order valence-electron chi connectivity index (χ2n) is 4.38. The third kappa shape index (κ3) is 3.68. The maximum absolute atomic E-state index is 11.9. The summed E-state index contributed by atoms with van der Waals surface area (Å²) in [5, 5.41) is 4.51. The average molecular weight is 289 g/mol. The summed E-state index contributed by atoms with van der Waals surface area (Å²) in [6, 6.07) is 10.9. The Morgan fingerprint density at radius 3 is 2.70 bits per heavy atom. The van der Waals surface area contributed by atoms with Crippen LogP contribution in [-0.4, -0.2) is 18.0 Å². The van der Waals surface area contributed by atoms with Gasteiger partial charge in [0.25, 0.3) is 5.91 Å². The molecule has 4 nitrogen and oxygen atoms in total. The number of carbonyl (C=O) groups is 2. The summed E-state index contributed by atoms with van der Waals surface area (Å²) in [5.41, 5.74) is 1.74. The fourth-order valence-electron chi connectivity index (χ4n) is 1.63. The van der Waals surface area contributed by atoms with Gasteiger partial charge in [-0.1, -0.05) is 18.2 Å². The molecule has 5 heteroatoms. The first kappa shape index (κ1) is 14.3. The van der Waals surface area contributed by atoms with Gasteiger partial charge < -0.3 is 10.1 Å². The van der Waals surface area contributed by atoms with Gasteiger partial charge in [-0.2, -0.15) is 0 Å². The molecule has 1 N–H and O–H groups in total. The summed E-state index contributed by atoms with van der Waals surface area (Å²) in [6.07, 6.45) is -0.842. The number of esters is 1. The van der Waals surface area contributed by atoms with Crippen molar-refractivity contribution in [1.82, 2.24) is 0 Å². The Morgan fingerprint density at radius 2 is 2.05 bits per heavy atom. The van der Waals surface area contributed by atoms with E-state index in [2.05, 4.69) is 5.32 Å². The van der Waals surface area contributed by atoms with Gasteiger partial charge in [0.05, 0.1) is 0 Å². The molecule has 0 aliphatic carbocycles. The van der Waals surface area contributed by atoms with Gasteiger partial charge in [0.2, 0.25) is 0 Å². The normalized spacial score (nSPS) is 11.7. The number of hydrogen-bond donors (Lipinski definition) is 1. The Bertz CT molecular complexity index is 607. The minimum atomic E-state index is -0.842. The van der Waals surface area contributed by atoms with Crippen molar-refractivity contribution < 1.29 is 14.3 Å². The topological polar surface area (TPSA) is 55.4 Å². The summed E-state index contributed by atoms with van der Waals surface area (Å²) < 4.78 is 5.12. The number of ether oxygens (including phenoxy) is 1. The van der Waals surface area contributed by atoms with E-state index >= 15 is 0 Å². The number of hydrogen-bond acceptors (Lipinski definition) is 4. The van der Waals surface area contributed by atoms with Crippen LogP contribution in [-0.2, 0) is 9.53 Å². The largest absolute Gasteiger partial charge is 0.448 e. The number of aryl methyl sites for hydroxylation is 1. The van der Waals surface area contributed by atoms with Gasteiger partial charge >= 0.3 is 5.97 Å². The van der Waals surface area contributed by atoms with Gasteiger partial charge in [-0.25, -0.2) is 4.79 Å². The molecule has 0 fully saturated rings. The van der Waals surface area contributed by atoms with Crippen molar-refractivity contribution in [2.45, 2.75) is 20.0 Å². The maximum Gasteiger partial charge on any atom is 0.349 e. The predicted molar refractivity (Wildman–Crippen MR) is 79.0 cm³/mol. The first-order valence-electron chi connectivity index (χ1n) is 6.18. The fraction of sp³-hybridized carbons (Fsp3) is 0.200. The van der Waals surface area contributed by atoms with Gasteiger partial charge in [0.15, 0.2) is 6.10 Å². The standard InChI is InChI=1S/C15H15NO3S/c1-10-5-3-6-12(9-10)16-14(17)11(2)19-15(18)13-7-4-8-20-13/h3-9,11H,1-2H3,(H,16,17)/t11-/m0/s1. The minimum absolute atomic E-state index is 0.347. The number of thiophene rings is 1. The van der Waals surface area contributed by atoms with E-state index in [-0.39, 0.29) is 5.91 Å². The van der Waals surface area contributed by atoms with E-state index in [9.17, 15) is 9.59 Å². The smallest absolute Gasteiger partial charge is 0.349 e. The van der Waals surface area contributed by atoms with Crippen LogP contribution in [0.2, 0.25) is 0 Å². The van der Waals surface area contributed by atoms with Crippen molar-refractivity contribution in [3.05, 3.63) is 52.2 Å². The lowest BCUT2D eigenvalue weighted by Gasteiger charge is -2.13. The van der Waals surface area contributed by atoms with E-state index in [1.165, 1.54) is 11.3 Å². The van der Waals surface area contributed by atoms with Crippen LogP contribution in [0.15, 0.2) is 41.8 Å². The molecule has 2 rings (SSSR count). The van der Waals surface area contributed by atoms with Crippen LogP contribution in [0.25, 0.3) is 0 Å². The Morgan fingerprint density at radius 1 is 1.25 bits per heavy atom. The lowest BCUT2D eigenvalue weighted by molar-refractivity contribution is -0.123. The molecule has 1 atom stereocenters. The molecule has 1 aromatic heterocycles. The number of nitrogens with one attached hydrogen (secondary N) is 1. The van der Waals surface area contributed by atoms with Crippen molar-refractivity contribution in [1.29, 1.82) is 0 Å². The molecule has 1 amide bonds. The van der Waals surface area contributed by atoms with Gasteiger partial charge in [-0.05, 0) is 43.0 Å². The van der Waals surface area contributed by atoms with Crippen LogP contribution in [0.5, 0.6) is 0 Å². The molecule has 0 radical (unpaired) electrons. The quantitative estimate of drug-likeness (QED) is 0.879. The SMILES string of the molecule is Cc1cccc(NC(=O)[C@H](C)OC(=O)c2cccs2)c1. The molecule has 20 heavy (non-hydrogen) atoms. The summed E-state index contributed by atoms with van der Waals surface area (Å²) in [7, 11) is 0. The van der Waals surface area contributed by atoms with E-state index in [1.54, 1.807) is 30.5 Å². The van der Waals surface area contributed by atoms with Crippen LogP contribution in [0, 0.1) is 6.92 Å².